The molecular formula is C15H28N2. The first-order chi connectivity index (χ1) is 8.38. The largest absolute Gasteiger partial charge is 0.312 e. The second-order valence-electron chi connectivity index (χ2n) is 6.44. The van der Waals surface area contributed by atoms with Gasteiger partial charge in [0.2, 0.25) is 0 Å². The average Bonchev–Trinajstić information content (AvgIpc) is 2.82. The van der Waals surface area contributed by atoms with E-state index in [4.69, 9.17) is 0 Å². The molecule has 3 fully saturated rings. The fourth-order valence-electron chi connectivity index (χ4n) is 4.50. The van der Waals surface area contributed by atoms with Gasteiger partial charge in [-0.1, -0.05) is 26.2 Å². The van der Waals surface area contributed by atoms with Crippen LogP contribution in [0.5, 0.6) is 0 Å². The number of rotatable bonds is 2. The van der Waals surface area contributed by atoms with Crippen molar-refractivity contribution >= 4 is 0 Å². The maximum atomic E-state index is 3.74. The third kappa shape index (κ3) is 2.39. The molecule has 1 N–H and O–H groups in total. The second kappa shape index (κ2) is 5.27. The number of nitrogens with one attached hydrogen (secondary N) is 1. The van der Waals surface area contributed by atoms with Crippen LogP contribution in [0.1, 0.15) is 51.9 Å². The second-order valence-corrected chi connectivity index (χ2v) is 6.44. The van der Waals surface area contributed by atoms with Crippen molar-refractivity contribution in [2.24, 2.45) is 11.8 Å². The van der Waals surface area contributed by atoms with Crippen molar-refractivity contribution in [1.82, 2.24) is 10.2 Å². The minimum atomic E-state index is 0.822. The Bertz CT molecular complexity index is 239. The molecule has 0 aromatic heterocycles. The molecule has 3 rings (SSSR count). The highest BCUT2D eigenvalue weighted by Gasteiger charge is 2.39. The molecule has 0 bridgehead atoms. The molecule has 1 saturated carbocycles. The summed E-state index contributed by atoms with van der Waals surface area (Å²) in [6, 6.07) is 1.74. The Labute approximate surface area is 106 Å². The summed E-state index contributed by atoms with van der Waals surface area (Å²) in [6.07, 6.45) is 10.2. The van der Waals surface area contributed by atoms with Crippen LogP contribution in [0, 0.1) is 11.8 Å². The molecule has 2 aliphatic heterocycles. The van der Waals surface area contributed by atoms with E-state index in [9.17, 15) is 0 Å². The smallest absolute Gasteiger partial charge is 0.0235 e. The first kappa shape index (κ1) is 12.0. The van der Waals surface area contributed by atoms with Gasteiger partial charge in [0.1, 0.15) is 0 Å². The Balaban J connectivity index is 1.63. The lowest BCUT2D eigenvalue weighted by Gasteiger charge is -2.37. The van der Waals surface area contributed by atoms with E-state index in [0.29, 0.717) is 0 Å². The van der Waals surface area contributed by atoms with E-state index in [1.54, 1.807) is 0 Å². The van der Waals surface area contributed by atoms with Gasteiger partial charge < -0.3 is 5.32 Å². The van der Waals surface area contributed by atoms with E-state index in [-0.39, 0.29) is 0 Å². The lowest BCUT2D eigenvalue weighted by Crippen LogP contribution is -2.43. The minimum Gasteiger partial charge on any atom is -0.312 e. The van der Waals surface area contributed by atoms with Gasteiger partial charge in [0, 0.05) is 25.2 Å². The summed E-state index contributed by atoms with van der Waals surface area (Å²) in [7, 11) is 0. The zero-order valence-corrected chi connectivity index (χ0v) is 11.3. The molecule has 98 valence electrons. The number of piperidine rings is 1. The molecule has 2 heterocycles. The standard InChI is InChI=1S/C15H28N2/c1-2-12-6-3-4-8-15(12)17-10-13-7-5-9-16-14(13)11-17/h12-16H,2-11H2,1H3/t12?,13-,14+,15?/m0/s1. The Morgan fingerprint density at radius 2 is 1.94 bits per heavy atom. The van der Waals surface area contributed by atoms with E-state index in [2.05, 4.69) is 17.1 Å². The van der Waals surface area contributed by atoms with Crippen LogP contribution in [0.15, 0.2) is 0 Å². The van der Waals surface area contributed by atoms with Gasteiger partial charge in [-0.25, -0.2) is 0 Å². The highest BCUT2D eigenvalue weighted by molar-refractivity contribution is 4.96. The number of nitrogens with zero attached hydrogens (tertiary/aromatic N) is 1. The molecule has 2 heteroatoms. The molecule has 1 aliphatic carbocycles. The van der Waals surface area contributed by atoms with Crippen LogP contribution in [-0.4, -0.2) is 36.6 Å². The van der Waals surface area contributed by atoms with Crippen LogP contribution in [-0.2, 0) is 0 Å². The summed E-state index contributed by atoms with van der Waals surface area (Å²) >= 11 is 0. The van der Waals surface area contributed by atoms with Gasteiger partial charge in [0.15, 0.2) is 0 Å². The number of fused-ring (bicyclic) bond motifs is 1. The molecule has 3 aliphatic rings. The minimum absolute atomic E-state index is 0.822. The molecule has 0 amide bonds. The van der Waals surface area contributed by atoms with Gasteiger partial charge in [-0.15, -0.1) is 0 Å². The highest BCUT2D eigenvalue weighted by Crippen LogP contribution is 2.35. The molecule has 17 heavy (non-hydrogen) atoms. The molecule has 2 saturated heterocycles. The van der Waals surface area contributed by atoms with E-state index < -0.39 is 0 Å². The van der Waals surface area contributed by atoms with Crippen LogP contribution < -0.4 is 5.32 Å². The zero-order valence-electron chi connectivity index (χ0n) is 11.3. The van der Waals surface area contributed by atoms with Crippen molar-refractivity contribution in [2.75, 3.05) is 19.6 Å². The number of likely N-dealkylation sites (tertiary alicyclic amines) is 1. The van der Waals surface area contributed by atoms with Crippen LogP contribution in [0.4, 0.5) is 0 Å². The normalized spacial score (nSPS) is 43.6. The van der Waals surface area contributed by atoms with Crippen LogP contribution in [0.2, 0.25) is 0 Å². The third-order valence-corrected chi connectivity index (χ3v) is 5.49. The van der Waals surface area contributed by atoms with Crippen molar-refractivity contribution < 1.29 is 0 Å². The molecule has 0 spiro atoms. The maximum Gasteiger partial charge on any atom is 0.0235 e. The molecule has 0 aromatic carbocycles. The third-order valence-electron chi connectivity index (χ3n) is 5.49. The summed E-state index contributed by atoms with van der Waals surface area (Å²) in [4.78, 5) is 2.85. The maximum absolute atomic E-state index is 3.74. The lowest BCUT2D eigenvalue weighted by molar-refractivity contribution is 0.120. The first-order valence-corrected chi connectivity index (χ1v) is 7.86. The van der Waals surface area contributed by atoms with Crippen LogP contribution >= 0.6 is 0 Å². The molecule has 2 nitrogen and oxygen atoms in total. The van der Waals surface area contributed by atoms with Gasteiger partial charge in [0.25, 0.3) is 0 Å². The van der Waals surface area contributed by atoms with Gasteiger partial charge in [-0.3, -0.25) is 4.90 Å². The summed E-state index contributed by atoms with van der Waals surface area (Å²) < 4.78 is 0. The molecule has 4 atom stereocenters. The first-order valence-electron chi connectivity index (χ1n) is 7.86. The summed E-state index contributed by atoms with van der Waals surface area (Å²) in [6.45, 7) is 6.38. The zero-order chi connectivity index (χ0) is 11.7. The van der Waals surface area contributed by atoms with Crippen molar-refractivity contribution in [1.29, 1.82) is 0 Å². The molecular weight excluding hydrogens is 208 g/mol. The highest BCUT2D eigenvalue weighted by atomic mass is 15.2. The summed E-state index contributed by atoms with van der Waals surface area (Å²) in [5, 5.41) is 3.74. The monoisotopic (exact) mass is 236 g/mol. The Kier molecular flexibility index (Phi) is 3.72. The molecule has 0 radical (unpaired) electrons. The average molecular weight is 236 g/mol. The topological polar surface area (TPSA) is 15.3 Å². The summed E-state index contributed by atoms with van der Waals surface area (Å²) in [5.41, 5.74) is 0. The quantitative estimate of drug-likeness (QED) is 0.793. The number of hydrogen-bond donors (Lipinski definition) is 1. The lowest BCUT2D eigenvalue weighted by atomic mass is 9.82. The van der Waals surface area contributed by atoms with Gasteiger partial charge in [-0.2, -0.15) is 0 Å². The Hall–Kier alpha value is -0.0800. The Morgan fingerprint density at radius 3 is 2.76 bits per heavy atom. The Morgan fingerprint density at radius 1 is 1.06 bits per heavy atom. The van der Waals surface area contributed by atoms with E-state index in [1.165, 1.54) is 64.6 Å². The molecule has 2 unspecified atom stereocenters. The fourth-order valence-corrected chi connectivity index (χ4v) is 4.50. The van der Waals surface area contributed by atoms with Gasteiger partial charge >= 0.3 is 0 Å². The van der Waals surface area contributed by atoms with Crippen molar-refractivity contribution in [2.45, 2.75) is 64.0 Å². The van der Waals surface area contributed by atoms with Gasteiger partial charge in [0.05, 0.1) is 0 Å². The van der Waals surface area contributed by atoms with Gasteiger partial charge in [-0.05, 0) is 44.1 Å². The van der Waals surface area contributed by atoms with Crippen molar-refractivity contribution in [3.05, 3.63) is 0 Å². The van der Waals surface area contributed by atoms with Crippen molar-refractivity contribution in [3.8, 4) is 0 Å². The number of hydrogen-bond acceptors (Lipinski definition) is 2. The summed E-state index contributed by atoms with van der Waals surface area (Å²) in [5.74, 6) is 1.95. The fraction of sp³-hybridized carbons (Fsp3) is 1.00. The van der Waals surface area contributed by atoms with E-state index in [0.717, 1.165) is 23.9 Å². The van der Waals surface area contributed by atoms with E-state index in [1.807, 2.05) is 0 Å². The van der Waals surface area contributed by atoms with Crippen LogP contribution in [0.25, 0.3) is 0 Å². The SMILES string of the molecule is CCC1CCCCC1N1C[C@@H]2CCCN[C@@H]2C1. The predicted octanol–water partition coefficient (Wildman–Crippen LogP) is 2.64. The van der Waals surface area contributed by atoms with Crippen molar-refractivity contribution in [3.63, 3.8) is 0 Å². The molecule has 0 aromatic rings. The van der Waals surface area contributed by atoms with Crippen LogP contribution in [0.3, 0.4) is 0 Å². The van der Waals surface area contributed by atoms with E-state index >= 15 is 0 Å². The predicted molar refractivity (Wildman–Crippen MR) is 72.1 cm³/mol.